The van der Waals surface area contributed by atoms with E-state index >= 15 is 0 Å². The van der Waals surface area contributed by atoms with Crippen LogP contribution in [0, 0.1) is 16.0 Å². The smallest absolute Gasteiger partial charge is 0.269 e. The summed E-state index contributed by atoms with van der Waals surface area (Å²) >= 11 is 0. The molecule has 184 valence electrons. The highest BCUT2D eigenvalue weighted by Gasteiger charge is 2.25. The van der Waals surface area contributed by atoms with Crippen LogP contribution in [0.4, 0.5) is 11.4 Å². The van der Waals surface area contributed by atoms with Gasteiger partial charge >= 0.3 is 0 Å². The van der Waals surface area contributed by atoms with Crippen LogP contribution in [0.25, 0.3) is 22.6 Å². The molecule has 0 spiro atoms. The Labute approximate surface area is 207 Å². The Balaban J connectivity index is 1.17. The van der Waals surface area contributed by atoms with Gasteiger partial charge in [-0.3, -0.25) is 19.8 Å². The van der Waals surface area contributed by atoms with Crippen molar-refractivity contribution < 1.29 is 18.9 Å². The zero-order valence-electron chi connectivity index (χ0n) is 19.8. The topological polar surface area (TPSA) is 111 Å². The van der Waals surface area contributed by atoms with Gasteiger partial charge in [-0.15, -0.1) is 0 Å². The second kappa shape index (κ2) is 10.2. The number of nitrogens with one attached hydrogen (secondary N) is 1. The number of carbonyl (C=O) groups excluding carboxylic acids is 1. The predicted octanol–water partition coefficient (Wildman–Crippen LogP) is 5.26. The normalized spacial score (nSPS) is 14.6. The van der Waals surface area contributed by atoms with Crippen LogP contribution in [0.15, 0.2) is 71.1 Å². The molecule has 1 aliphatic heterocycles. The third-order valence-electron chi connectivity index (χ3n) is 6.50. The first kappa shape index (κ1) is 23.5. The van der Waals surface area contributed by atoms with Gasteiger partial charge in [0.2, 0.25) is 11.8 Å². The van der Waals surface area contributed by atoms with Crippen molar-refractivity contribution in [2.75, 3.05) is 25.5 Å². The Morgan fingerprint density at radius 3 is 2.50 bits per heavy atom. The lowest BCUT2D eigenvalue weighted by Crippen LogP contribution is -2.37. The van der Waals surface area contributed by atoms with E-state index in [4.69, 9.17) is 9.15 Å². The Morgan fingerprint density at radius 1 is 1.11 bits per heavy atom. The number of hydrogen-bond donors (Lipinski definition) is 1. The first-order valence-corrected chi connectivity index (χ1v) is 11.8. The first-order chi connectivity index (χ1) is 17.5. The number of rotatable bonds is 7. The molecule has 0 saturated carbocycles. The van der Waals surface area contributed by atoms with Crippen molar-refractivity contribution >= 4 is 28.4 Å². The molecule has 2 heterocycles. The molecule has 1 fully saturated rings. The average molecular weight is 487 g/mol. The number of amides is 1. The number of nitro benzene ring substituents is 1. The summed E-state index contributed by atoms with van der Waals surface area (Å²) in [4.78, 5) is 30.1. The number of aromatic nitrogens is 1. The van der Waals surface area contributed by atoms with Crippen LogP contribution in [0.3, 0.4) is 0 Å². The lowest BCUT2D eigenvalue weighted by Gasteiger charge is -2.31. The minimum absolute atomic E-state index is 0.000714. The van der Waals surface area contributed by atoms with E-state index in [1.165, 1.54) is 12.1 Å². The lowest BCUT2D eigenvalue weighted by atomic mass is 9.95. The van der Waals surface area contributed by atoms with E-state index in [-0.39, 0.29) is 17.5 Å². The van der Waals surface area contributed by atoms with Gasteiger partial charge in [-0.25, -0.2) is 4.98 Å². The summed E-state index contributed by atoms with van der Waals surface area (Å²) in [5.74, 6) is 1.20. The maximum Gasteiger partial charge on any atom is 0.269 e. The van der Waals surface area contributed by atoms with Gasteiger partial charge in [0.15, 0.2) is 5.58 Å². The van der Waals surface area contributed by atoms with Crippen molar-refractivity contribution in [3.05, 3.63) is 82.4 Å². The molecule has 1 aliphatic rings. The number of carbonyl (C=O) groups is 1. The number of nitro groups is 1. The Kier molecular flexibility index (Phi) is 6.64. The van der Waals surface area contributed by atoms with Crippen LogP contribution in [0.5, 0.6) is 5.75 Å². The van der Waals surface area contributed by atoms with Gasteiger partial charge in [-0.05, 0) is 67.9 Å². The van der Waals surface area contributed by atoms with Gasteiger partial charge in [0.05, 0.1) is 12.0 Å². The molecule has 5 rings (SSSR count). The molecule has 0 bridgehead atoms. The van der Waals surface area contributed by atoms with E-state index in [2.05, 4.69) is 15.2 Å². The van der Waals surface area contributed by atoms with Crippen LogP contribution in [0.2, 0.25) is 0 Å². The van der Waals surface area contributed by atoms with E-state index in [9.17, 15) is 14.9 Å². The van der Waals surface area contributed by atoms with Crippen molar-refractivity contribution in [2.45, 2.75) is 19.4 Å². The van der Waals surface area contributed by atoms with Crippen molar-refractivity contribution in [1.29, 1.82) is 0 Å². The van der Waals surface area contributed by atoms with Crippen LogP contribution in [-0.4, -0.2) is 40.9 Å². The standard InChI is InChI=1S/C27H26N4O5/c1-35-23-9-4-20(5-10-23)27-29-24-11-6-21(16-25(24)36-27)28-26(32)19-12-14-30(15-13-19)17-18-2-7-22(8-3-18)31(33)34/h2-11,16,19H,12-15,17H2,1H3,(H,28,32). The second-order valence-corrected chi connectivity index (χ2v) is 8.89. The molecule has 1 aromatic heterocycles. The summed E-state index contributed by atoms with van der Waals surface area (Å²) in [6.45, 7) is 2.30. The molecule has 0 aliphatic carbocycles. The summed E-state index contributed by atoms with van der Waals surface area (Å²) in [7, 11) is 1.62. The van der Waals surface area contributed by atoms with Gasteiger partial charge < -0.3 is 14.5 Å². The van der Waals surface area contributed by atoms with Gasteiger partial charge in [0.1, 0.15) is 11.3 Å². The number of methoxy groups -OCH3 is 1. The number of nitrogens with zero attached hydrogens (tertiary/aromatic N) is 3. The number of piperidine rings is 1. The Hall–Kier alpha value is -4.24. The second-order valence-electron chi connectivity index (χ2n) is 8.89. The number of likely N-dealkylation sites (tertiary alicyclic amines) is 1. The first-order valence-electron chi connectivity index (χ1n) is 11.8. The summed E-state index contributed by atoms with van der Waals surface area (Å²) in [5, 5.41) is 13.8. The summed E-state index contributed by atoms with van der Waals surface area (Å²) in [6, 6.07) is 19.6. The minimum Gasteiger partial charge on any atom is -0.497 e. The Morgan fingerprint density at radius 2 is 1.83 bits per heavy atom. The third kappa shape index (κ3) is 5.21. The summed E-state index contributed by atoms with van der Waals surface area (Å²) in [6.07, 6.45) is 1.51. The molecule has 9 nitrogen and oxygen atoms in total. The molecule has 1 amide bonds. The lowest BCUT2D eigenvalue weighted by molar-refractivity contribution is -0.384. The fraction of sp³-hybridized carbons (Fsp3) is 0.259. The SMILES string of the molecule is COc1ccc(-c2nc3ccc(NC(=O)C4CCN(Cc5ccc([N+](=O)[O-])cc5)CC4)cc3o2)cc1. The number of oxazole rings is 1. The van der Waals surface area contributed by atoms with E-state index in [1.807, 2.05) is 36.4 Å². The molecule has 36 heavy (non-hydrogen) atoms. The fourth-order valence-corrected chi connectivity index (χ4v) is 4.44. The molecule has 0 atom stereocenters. The van der Waals surface area contributed by atoms with Gasteiger partial charge in [-0.2, -0.15) is 0 Å². The van der Waals surface area contributed by atoms with Crippen LogP contribution >= 0.6 is 0 Å². The molecule has 1 saturated heterocycles. The fourth-order valence-electron chi connectivity index (χ4n) is 4.44. The highest BCUT2D eigenvalue weighted by Crippen LogP contribution is 2.28. The van der Waals surface area contributed by atoms with Crippen molar-refractivity contribution in [3.8, 4) is 17.2 Å². The molecule has 1 N–H and O–H groups in total. The molecular weight excluding hydrogens is 460 g/mol. The van der Waals surface area contributed by atoms with Crippen molar-refractivity contribution in [2.24, 2.45) is 5.92 Å². The summed E-state index contributed by atoms with van der Waals surface area (Å²) < 4.78 is 11.1. The zero-order chi connectivity index (χ0) is 25.1. The quantitative estimate of drug-likeness (QED) is 0.280. The molecule has 4 aromatic rings. The largest absolute Gasteiger partial charge is 0.497 e. The van der Waals surface area contributed by atoms with E-state index in [0.717, 1.165) is 48.3 Å². The van der Waals surface area contributed by atoms with E-state index in [0.29, 0.717) is 23.7 Å². The van der Waals surface area contributed by atoms with E-state index in [1.54, 1.807) is 25.3 Å². The average Bonchev–Trinajstić information content (AvgIpc) is 3.33. The number of anilines is 1. The monoisotopic (exact) mass is 486 g/mol. The highest BCUT2D eigenvalue weighted by molar-refractivity contribution is 5.94. The Bertz CT molecular complexity index is 1370. The highest BCUT2D eigenvalue weighted by atomic mass is 16.6. The number of hydrogen-bond acceptors (Lipinski definition) is 7. The van der Waals surface area contributed by atoms with Crippen molar-refractivity contribution in [3.63, 3.8) is 0 Å². The third-order valence-corrected chi connectivity index (χ3v) is 6.50. The van der Waals surface area contributed by atoms with Crippen LogP contribution in [0.1, 0.15) is 18.4 Å². The van der Waals surface area contributed by atoms with Gasteiger partial charge in [0, 0.05) is 41.9 Å². The van der Waals surface area contributed by atoms with Gasteiger partial charge in [-0.1, -0.05) is 12.1 Å². The van der Waals surface area contributed by atoms with Gasteiger partial charge in [0.25, 0.3) is 5.69 Å². The van der Waals surface area contributed by atoms with Crippen LogP contribution in [-0.2, 0) is 11.3 Å². The van der Waals surface area contributed by atoms with E-state index < -0.39 is 4.92 Å². The predicted molar refractivity (Wildman–Crippen MR) is 136 cm³/mol. The molecule has 3 aromatic carbocycles. The molecule has 9 heteroatoms. The van der Waals surface area contributed by atoms with Crippen molar-refractivity contribution in [1.82, 2.24) is 9.88 Å². The minimum atomic E-state index is -0.395. The number of ether oxygens (including phenoxy) is 1. The zero-order valence-corrected chi connectivity index (χ0v) is 19.8. The van der Waals surface area contributed by atoms with Crippen LogP contribution < -0.4 is 10.1 Å². The maximum absolute atomic E-state index is 12.9. The molecule has 0 radical (unpaired) electrons. The number of non-ortho nitro benzene ring substituents is 1. The number of benzene rings is 3. The number of fused-ring (bicyclic) bond motifs is 1. The summed E-state index contributed by atoms with van der Waals surface area (Å²) in [5.41, 5.74) is 3.97. The molecule has 0 unspecified atom stereocenters. The molecular formula is C27H26N4O5. The maximum atomic E-state index is 12.9.